The molecule has 0 saturated heterocycles. The first-order valence-electron chi connectivity index (χ1n) is 5.51. The topological polar surface area (TPSA) is 26.3 Å². The molecule has 2 aliphatic carbocycles. The van der Waals surface area contributed by atoms with Crippen molar-refractivity contribution in [2.45, 2.75) is 32.8 Å². The van der Waals surface area contributed by atoms with Crippen LogP contribution in [0.1, 0.15) is 26.7 Å². The highest BCUT2D eigenvalue weighted by atomic mass is 16.5. The Bertz CT molecular complexity index is 345. The highest BCUT2D eigenvalue weighted by Gasteiger charge is 2.34. The van der Waals surface area contributed by atoms with Crippen LogP contribution >= 0.6 is 0 Å². The van der Waals surface area contributed by atoms with Crippen molar-refractivity contribution in [3.05, 3.63) is 12.2 Å². The van der Waals surface area contributed by atoms with Gasteiger partial charge < -0.3 is 4.74 Å². The van der Waals surface area contributed by atoms with Crippen molar-refractivity contribution in [1.29, 1.82) is 0 Å². The lowest BCUT2D eigenvalue weighted by atomic mass is 9.94. The van der Waals surface area contributed by atoms with E-state index >= 15 is 0 Å². The van der Waals surface area contributed by atoms with Gasteiger partial charge in [-0.15, -0.1) is 0 Å². The van der Waals surface area contributed by atoms with Crippen LogP contribution in [0.15, 0.2) is 12.2 Å². The van der Waals surface area contributed by atoms with Gasteiger partial charge in [-0.1, -0.05) is 24.0 Å². The Kier molecular flexibility index (Phi) is 2.81. The van der Waals surface area contributed by atoms with E-state index in [2.05, 4.69) is 24.0 Å². The minimum Gasteiger partial charge on any atom is -0.450 e. The van der Waals surface area contributed by atoms with Gasteiger partial charge in [0.2, 0.25) is 0 Å². The van der Waals surface area contributed by atoms with Crippen LogP contribution in [0.5, 0.6) is 0 Å². The summed E-state index contributed by atoms with van der Waals surface area (Å²) >= 11 is 0. The van der Waals surface area contributed by atoms with Crippen LogP contribution in [0.25, 0.3) is 0 Å². The average Bonchev–Trinajstić information content (AvgIpc) is 2.74. The summed E-state index contributed by atoms with van der Waals surface area (Å²) in [6.45, 7) is 3.23. The van der Waals surface area contributed by atoms with E-state index in [4.69, 9.17) is 4.74 Å². The standard InChI is InChI=1S/C13H16O2/c1-9(15-10(2)14)3-5-12-7-11-4-6-13(12)8-11/h4,6,9,11-13H,7-8H2,1-2H3. The van der Waals surface area contributed by atoms with Gasteiger partial charge in [-0.25, -0.2) is 0 Å². The summed E-state index contributed by atoms with van der Waals surface area (Å²) in [5.74, 6) is 7.87. The molecule has 0 aliphatic heterocycles. The van der Waals surface area contributed by atoms with Gasteiger partial charge in [-0.3, -0.25) is 4.79 Å². The van der Waals surface area contributed by atoms with Crippen LogP contribution in [0.4, 0.5) is 0 Å². The monoisotopic (exact) mass is 204 g/mol. The van der Waals surface area contributed by atoms with Gasteiger partial charge in [0, 0.05) is 12.8 Å². The van der Waals surface area contributed by atoms with Gasteiger partial charge in [0.05, 0.1) is 0 Å². The van der Waals surface area contributed by atoms with Gasteiger partial charge in [-0.05, 0) is 31.6 Å². The van der Waals surface area contributed by atoms with Gasteiger partial charge in [0.1, 0.15) is 0 Å². The summed E-state index contributed by atoms with van der Waals surface area (Å²) in [7, 11) is 0. The Balaban J connectivity index is 1.89. The van der Waals surface area contributed by atoms with Crippen LogP contribution < -0.4 is 0 Å². The summed E-state index contributed by atoms with van der Waals surface area (Å²) in [5.41, 5.74) is 0. The zero-order valence-corrected chi connectivity index (χ0v) is 9.19. The first-order chi connectivity index (χ1) is 7.15. The molecule has 0 spiro atoms. The Morgan fingerprint density at radius 1 is 1.47 bits per heavy atom. The molecule has 2 heteroatoms. The zero-order chi connectivity index (χ0) is 10.8. The number of fused-ring (bicyclic) bond motifs is 2. The summed E-state index contributed by atoms with van der Waals surface area (Å²) in [4.78, 5) is 10.7. The third kappa shape index (κ3) is 2.41. The second-order valence-electron chi connectivity index (χ2n) is 4.43. The molecule has 0 heterocycles. The van der Waals surface area contributed by atoms with Crippen molar-refractivity contribution in [3.8, 4) is 11.8 Å². The Hall–Kier alpha value is -1.23. The number of esters is 1. The maximum Gasteiger partial charge on any atom is 0.303 e. The number of hydrogen-bond acceptors (Lipinski definition) is 2. The maximum absolute atomic E-state index is 10.7. The molecule has 0 amide bonds. The zero-order valence-electron chi connectivity index (χ0n) is 9.19. The van der Waals surface area contributed by atoms with E-state index in [0.29, 0.717) is 11.8 Å². The molecular formula is C13H16O2. The van der Waals surface area contributed by atoms with Gasteiger partial charge in [0.25, 0.3) is 0 Å². The fourth-order valence-corrected chi connectivity index (χ4v) is 2.45. The highest BCUT2D eigenvalue weighted by Crippen LogP contribution is 2.42. The molecule has 0 aromatic rings. The molecule has 1 fully saturated rings. The molecule has 1 saturated carbocycles. The fraction of sp³-hybridized carbons (Fsp3) is 0.615. The molecule has 2 rings (SSSR count). The second-order valence-corrected chi connectivity index (χ2v) is 4.43. The molecule has 2 aliphatic rings. The minimum absolute atomic E-state index is 0.260. The first kappa shape index (κ1) is 10.3. The second kappa shape index (κ2) is 4.10. The van der Waals surface area contributed by atoms with Crippen LogP contribution in [-0.2, 0) is 9.53 Å². The molecule has 0 N–H and O–H groups in total. The number of rotatable bonds is 1. The van der Waals surface area contributed by atoms with E-state index in [1.807, 2.05) is 6.92 Å². The van der Waals surface area contributed by atoms with E-state index in [1.165, 1.54) is 19.8 Å². The SMILES string of the molecule is CC(=O)OC(C)C#CC1CC2C=CC1C2. The van der Waals surface area contributed by atoms with Crippen molar-refractivity contribution in [2.24, 2.45) is 17.8 Å². The number of ether oxygens (including phenoxy) is 1. The quantitative estimate of drug-likeness (QED) is 0.371. The van der Waals surface area contributed by atoms with Crippen LogP contribution in [0, 0.1) is 29.6 Å². The summed E-state index contributed by atoms with van der Waals surface area (Å²) in [6, 6.07) is 0. The highest BCUT2D eigenvalue weighted by molar-refractivity contribution is 5.66. The van der Waals surface area contributed by atoms with E-state index in [1.54, 1.807) is 0 Å². The lowest BCUT2D eigenvalue weighted by Crippen LogP contribution is -2.11. The Labute approximate surface area is 90.7 Å². The molecule has 2 bridgehead atoms. The largest absolute Gasteiger partial charge is 0.450 e. The predicted octanol–water partition coefficient (Wildman–Crippen LogP) is 2.15. The number of allylic oxidation sites excluding steroid dienone is 2. The third-order valence-corrected chi connectivity index (χ3v) is 3.09. The molecule has 2 nitrogen and oxygen atoms in total. The van der Waals surface area contributed by atoms with Crippen molar-refractivity contribution >= 4 is 5.97 Å². The maximum atomic E-state index is 10.7. The summed E-state index contributed by atoms with van der Waals surface area (Å²) in [5, 5.41) is 0. The van der Waals surface area contributed by atoms with Crippen molar-refractivity contribution < 1.29 is 9.53 Å². The molecule has 15 heavy (non-hydrogen) atoms. The molecule has 4 atom stereocenters. The predicted molar refractivity (Wildman–Crippen MR) is 57.8 cm³/mol. The van der Waals surface area contributed by atoms with Crippen molar-refractivity contribution in [3.63, 3.8) is 0 Å². The van der Waals surface area contributed by atoms with Crippen LogP contribution in [0.2, 0.25) is 0 Å². The first-order valence-corrected chi connectivity index (χ1v) is 5.51. The molecule has 0 radical (unpaired) electrons. The van der Waals surface area contributed by atoms with Gasteiger partial charge in [-0.2, -0.15) is 0 Å². The molecule has 0 aromatic carbocycles. The molecule has 4 unspecified atom stereocenters. The summed E-state index contributed by atoms with van der Waals surface area (Å²) in [6.07, 6.45) is 6.76. The van der Waals surface area contributed by atoms with Gasteiger partial charge in [0.15, 0.2) is 6.10 Å². The average molecular weight is 204 g/mol. The molecule has 80 valence electrons. The van der Waals surface area contributed by atoms with E-state index in [-0.39, 0.29) is 12.1 Å². The van der Waals surface area contributed by atoms with Gasteiger partial charge >= 0.3 is 5.97 Å². The minimum atomic E-state index is -0.273. The number of hydrogen-bond donors (Lipinski definition) is 0. The van der Waals surface area contributed by atoms with E-state index in [9.17, 15) is 4.79 Å². The molecule has 0 aromatic heterocycles. The van der Waals surface area contributed by atoms with Crippen molar-refractivity contribution in [2.75, 3.05) is 0 Å². The lowest BCUT2D eigenvalue weighted by molar-refractivity contribution is -0.143. The number of carbonyl (C=O) groups excluding carboxylic acids is 1. The Morgan fingerprint density at radius 2 is 2.27 bits per heavy atom. The Morgan fingerprint density at radius 3 is 2.80 bits per heavy atom. The van der Waals surface area contributed by atoms with E-state index < -0.39 is 0 Å². The fourth-order valence-electron chi connectivity index (χ4n) is 2.45. The molecular weight excluding hydrogens is 188 g/mol. The normalized spacial score (nSPS) is 33.3. The van der Waals surface area contributed by atoms with Crippen LogP contribution in [-0.4, -0.2) is 12.1 Å². The van der Waals surface area contributed by atoms with Crippen LogP contribution in [0.3, 0.4) is 0 Å². The van der Waals surface area contributed by atoms with E-state index in [0.717, 1.165) is 5.92 Å². The van der Waals surface area contributed by atoms with Crippen molar-refractivity contribution in [1.82, 2.24) is 0 Å². The lowest BCUT2D eigenvalue weighted by Gasteiger charge is -2.11. The smallest absolute Gasteiger partial charge is 0.303 e. The number of carbonyl (C=O) groups is 1. The third-order valence-electron chi connectivity index (χ3n) is 3.09. The summed E-state index contributed by atoms with van der Waals surface area (Å²) < 4.78 is 4.96.